The van der Waals surface area contributed by atoms with E-state index in [2.05, 4.69) is 16.0 Å². The molecule has 3 N–H and O–H groups in total. The number of carbonyl (C=O) groups excluding carboxylic acids is 2. The van der Waals surface area contributed by atoms with Crippen LogP contribution in [0, 0.1) is 11.6 Å². The monoisotopic (exact) mass is 521 g/mol. The summed E-state index contributed by atoms with van der Waals surface area (Å²) in [4.78, 5) is 26.1. The molecule has 2 aliphatic rings. The molecule has 0 radical (unpaired) electrons. The first-order valence-corrected chi connectivity index (χ1v) is 11.3. The topological polar surface area (TPSA) is 70.2 Å². The van der Waals surface area contributed by atoms with E-state index in [1.54, 1.807) is 6.07 Å². The lowest BCUT2D eigenvalue weighted by molar-refractivity contribution is -0.137. The van der Waals surface area contributed by atoms with Gasteiger partial charge in [-0.3, -0.25) is 9.59 Å². The molecule has 2 amide bonds. The van der Waals surface area contributed by atoms with Gasteiger partial charge in [0.1, 0.15) is 11.6 Å². The van der Waals surface area contributed by atoms with Gasteiger partial charge in [-0.1, -0.05) is 11.6 Å². The molecular weight excluding hydrogens is 505 g/mol. The van der Waals surface area contributed by atoms with Crippen LogP contribution in [-0.4, -0.2) is 18.4 Å². The fourth-order valence-corrected chi connectivity index (χ4v) is 4.83. The molecule has 5 nitrogen and oxygen atoms in total. The number of aryl methyl sites for hydroxylation is 1. The van der Waals surface area contributed by atoms with E-state index in [0.717, 1.165) is 18.6 Å². The third kappa shape index (κ3) is 4.26. The van der Waals surface area contributed by atoms with Gasteiger partial charge in [-0.05, 0) is 60.9 Å². The summed E-state index contributed by atoms with van der Waals surface area (Å²) in [5, 5.41) is 8.64. The Morgan fingerprint density at radius 1 is 1.06 bits per heavy atom. The Kier molecular flexibility index (Phi) is 5.86. The number of benzene rings is 3. The molecule has 5 rings (SSSR count). The van der Waals surface area contributed by atoms with E-state index in [-0.39, 0.29) is 27.4 Å². The van der Waals surface area contributed by atoms with Crippen LogP contribution < -0.4 is 16.0 Å². The lowest BCUT2D eigenvalue weighted by atomic mass is 9.90. The van der Waals surface area contributed by atoms with Crippen molar-refractivity contribution < 1.29 is 31.5 Å². The molecule has 0 aromatic heterocycles. The number of alkyl halides is 3. The van der Waals surface area contributed by atoms with E-state index in [0.29, 0.717) is 42.4 Å². The molecule has 0 saturated carbocycles. The van der Waals surface area contributed by atoms with E-state index in [1.165, 1.54) is 6.07 Å². The summed E-state index contributed by atoms with van der Waals surface area (Å²) in [6.07, 6.45) is -3.53. The Bertz CT molecular complexity index is 1420. The van der Waals surface area contributed by atoms with Gasteiger partial charge in [-0.25, -0.2) is 8.78 Å². The van der Waals surface area contributed by atoms with E-state index in [9.17, 15) is 31.5 Å². The zero-order valence-electron chi connectivity index (χ0n) is 18.3. The number of hydrogen-bond acceptors (Lipinski definition) is 3. The average molecular weight is 522 g/mol. The predicted molar refractivity (Wildman–Crippen MR) is 123 cm³/mol. The average Bonchev–Trinajstić information content (AvgIpc) is 3.17. The SMILES string of the molecule is O=C(Nc1cc2c(c3c1C(c1cc(F)ccc1Cl)NC3=O)NCCC2)c1cc(F)cc(C(F)(F)F)c1. The van der Waals surface area contributed by atoms with Crippen molar-refractivity contribution in [3.63, 3.8) is 0 Å². The largest absolute Gasteiger partial charge is 0.416 e. The molecule has 3 aromatic rings. The number of halogens is 6. The van der Waals surface area contributed by atoms with Crippen molar-refractivity contribution in [3.05, 3.63) is 92.5 Å². The molecule has 1 atom stereocenters. The summed E-state index contributed by atoms with van der Waals surface area (Å²) >= 11 is 6.30. The molecule has 2 aliphatic heterocycles. The maximum Gasteiger partial charge on any atom is 0.416 e. The van der Waals surface area contributed by atoms with Gasteiger partial charge in [-0.15, -0.1) is 0 Å². The van der Waals surface area contributed by atoms with Crippen LogP contribution in [0.25, 0.3) is 0 Å². The summed E-state index contributed by atoms with van der Waals surface area (Å²) < 4.78 is 67.5. The minimum Gasteiger partial charge on any atom is -0.384 e. The van der Waals surface area contributed by atoms with Gasteiger partial charge in [0, 0.05) is 33.9 Å². The standard InChI is InChI=1S/C25H17ClF5N3O2/c26-17-4-3-14(27)10-16(17)22-19-18(8-11-2-1-5-32-21(11)20(19)24(36)34-22)33-23(35)12-6-13(25(29,30)31)9-15(28)7-12/h3-4,6-10,22,32H,1-2,5H2,(H,33,35)(H,34,36). The van der Waals surface area contributed by atoms with Crippen molar-refractivity contribution in [2.24, 2.45) is 0 Å². The second-order valence-corrected chi connectivity index (χ2v) is 8.94. The second kappa shape index (κ2) is 8.77. The molecule has 3 aromatic carbocycles. The van der Waals surface area contributed by atoms with Crippen molar-refractivity contribution in [2.75, 3.05) is 17.2 Å². The maximum atomic E-state index is 14.1. The van der Waals surface area contributed by atoms with Crippen LogP contribution in [-0.2, 0) is 12.6 Å². The van der Waals surface area contributed by atoms with Gasteiger partial charge in [0.15, 0.2) is 0 Å². The normalized spacial score (nSPS) is 16.6. The molecule has 0 fully saturated rings. The van der Waals surface area contributed by atoms with Gasteiger partial charge >= 0.3 is 6.18 Å². The minimum atomic E-state index is -4.86. The molecular formula is C25H17ClF5N3O2. The zero-order chi connectivity index (χ0) is 25.8. The van der Waals surface area contributed by atoms with Crippen LogP contribution in [0.3, 0.4) is 0 Å². The summed E-state index contributed by atoms with van der Waals surface area (Å²) in [6, 6.07) is 5.84. The number of anilines is 2. The fourth-order valence-electron chi connectivity index (χ4n) is 4.61. The summed E-state index contributed by atoms with van der Waals surface area (Å²) in [7, 11) is 0. The number of amides is 2. The summed E-state index contributed by atoms with van der Waals surface area (Å²) in [5.41, 5.74) is 0.278. The number of rotatable bonds is 3. The quantitative estimate of drug-likeness (QED) is 0.366. The highest BCUT2D eigenvalue weighted by Crippen LogP contribution is 2.45. The number of hydrogen-bond donors (Lipinski definition) is 3. The first-order valence-electron chi connectivity index (χ1n) is 10.9. The first-order chi connectivity index (χ1) is 17.0. The van der Waals surface area contributed by atoms with Gasteiger partial charge < -0.3 is 16.0 Å². The van der Waals surface area contributed by atoms with Gasteiger partial charge in [0.2, 0.25) is 0 Å². The molecule has 0 aliphatic carbocycles. The lowest BCUT2D eigenvalue weighted by Gasteiger charge is -2.24. The molecule has 1 unspecified atom stereocenters. The second-order valence-electron chi connectivity index (χ2n) is 8.53. The number of fused-ring (bicyclic) bond motifs is 3. The predicted octanol–water partition coefficient (Wildman–Crippen LogP) is 6.08. The van der Waals surface area contributed by atoms with Crippen LogP contribution in [0.5, 0.6) is 0 Å². The lowest BCUT2D eigenvalue weighted by Crippen LogP contribution is -2.21. The Hall–Kier alpha value is -3.66. The Balaban J connectivity index is 1.64. The molecule has 0 saturated heterocycles. The zero-order valence-corrected chi connectivity index (χ0v) is 19.1. The Labute approximate surface area is 206 Å². The van der Waals surface area contributed by atoms with Gasteiger partial charge in [-0.2, -0.15) is 13.2 Å². The number of carbonyl (C=O) groups is 2. The molecule has 2 heterocycles. The van der Waals surface area contributed by atoms with Crippen molar-refractivity contribution in [2.45, 2.75) is 25.1 Å². The minimum absolute atomic E-state index is 0.124. The smallest absolute Gasteiger partial charge is 0.384 e. The summed E-state index contributed by atoms with van der Waals surface area (Å²) in [6.45, 7) is 0.604. The van der Waals surface area contributed by atoms with Crippen LogP contribution in [0.4, 0.5) is 33.3 Å². The van der Waals surface area contributed by atoms with Crippen molar-refractivity contribution in [1.82, 2.24) is 5.32 Å². The van der Waals surface area contributed by atoms with Gasteiger partial charge in [0.25, 0.3) is 11.8 Å². The van der Waals surface area contributed by atoms with Gasteiger partial charge in [0.05, 0.1) is 22.9 Å². The van der Waals surface area contributed by atoms with E-state index < -0.39 is 46.8 Å². The van der Waals surface area contributed by atoms with Crippen molar-refractivity contribution >= 4 is 34.8 Å². The van der Waals surface area contributed by atoms with Crippen LogP contribution in [0.15, 0.2) is 42.5 Å². The summed E-state index contributed by atoms with van der Waals surface area (Å²) in [5.74, 6) is -3.31. The molecule has 186 valence electrons. The highest BCUT2D eigenvalue weighted by Gasteiger charge is 2.38. The fraction of sp³-hybridized carbons (Fsp3) is 0.200. The molecule has 36 heavy (non-hydrogen) atoms. The number of nitrogens with one attached hydrogen (secondary N) is 3. The maximum absolute atomic E-state index is 14.1. The highest BCUT2D eigenvalue weighted by atomic mass is 35.5. The van der Waals surface area contributed by atoms with E-state index in [4.69, 9.17) is 11.6 Å². The van der Waals surface area contributed by atoms with E-state index in [1.807, 2.05) is 0 Å². The first kappa shape index (κ1) is 24.1. The Morgan fingerprint density at radius 3 is 2.58 bits per heavy atom. The van der Waals surface area contributed by atoms with E-state index >= 15 is 0 Å². The van der Waals surface area contributed by atoms with Crippen LogP contribution >= 0.6 is 11.6 Å². The van der Waals surface area contributed by atoms with Crippen LogP contribution in [0.1, 0.15) is 55.4 Å². The van der Waals surface area contributed by atoms with Crippen molar-refractivity contribution in [1.29, 1.82) is 0 Å². The Morgan fingerprint density at radius 2 is 1.83 bits per heavy atom. The highest BCUT2D eigenvalue weighted by molar-refractivity contribution is 6.31. The third-order valence-corrected chi connectivity index (χ3v) is 6.51. The van der Waals surface area contributed by atoms with Crippen LogP contribution in [0.2, 0.25) is 5.02 Å². The van der Waals surface area contributed by atoms with Crippen molar-refractivity contribution in [3.8, 4) is 0 Å². The molecule has 0 bridgehead atoms. The molecule has 0 spiro atoms. The third-order valence-electron chi connectivity index (χ3n) is 6.17. The molecule has 11 heteroatoms.